The molecule has 0 saturated heterocycles. The number of nitrogens with zero attached hydrogens (tertiary/aromatic N) is 2. The van der Waals surface area contributed by atoms with E-state index in [0.717, 1.165) is 51.2 Å². The minimum absolute atomic E-state index is 0.188. The predicted molar refractivity (Wildman–Crippen MR) is 148 cm³/mol. The van der Waals surface area contributed by atoms with Gasteiger partial charge >= 0.3 is 5.97 Å². The van der Waals surface area contributed by atoms with Gasteiger partial charge in [-0.2, -0.15) is 0 Å². The molecule has 5 rings (SSSR count). The largest absolute Gasteiger partial charge is 0.462 e. The number of nitrogens with one attached hydrogen (secondary N) is 1. The number of thioether (sulfide) groups is 1. The summed E-state index contributed by atoms with van der Waals surface area (Å²) in [7, 11) is 0. The molecule has 0 spiro atoms. The average molecular weight is 538 g/mol. The number of anilines is 1. The lowest BCUT2D eigenvalue weighted by Gasteiger charge is -2.18. The molecule has 1 unspecified atom stereocenters. The molecule has 1 amide bonds. The zero-order valence-corrected chi connectivity index (χ0v) is 22.9. The average Bonchev–Trinajstić information content (AvgIpc) is 3.44. The molecule has 3 heterocycles. The van der Waals surface area contributed by atoms with Crippen molar-refractivity contribution in [3.8, 4) is 11.1 Å². The van der Waals surface area contributed by atoms with Gasteiger partial charge in [0.05, 0.1) is 12.4 Å². The summed E-state index contributed by atoms with van der Waals surface area (Å²) in [5.74, 6) is 0.249. The van der Waals surface area contributed by atoms with Gasteiger partial charge in [0.1, 0.15) is 26.7 Å². The van der Waals surface area contributed by atoms with Gasteiger partial charge in [0.15, 0.2) is 0 Å². The van der Waals surface area contributed by atoms with Gasteiger partial charge in [0.25, 0.3) is 0 Å². The van der Waals surface area contributed by atoms with Crippen LogP contribution in [0.4, 0.5) is 5.00 Å². The van der Waals surface area contributed by atoms with Crippen LogP contribution in [0.3, 0.4) is 0 Å². The van der Waals surface area contributed by atoms with Gasteiger partial charge in [0.2, 0.25) is 5.91 Å². The van der Waals surface area contributed by atoms with Crippen LogP contribution in [0.2, 0.25) is 0 Å². The van der Waals surface area contributed by atoms with Gasteiger partial charge in [-0.15, -0.1) is 22.7 Å². The molecule has 6 nitrogen and oxygen atoms in total. The summed E-state index contributed by atoms with van der Waals surface area (Å²) in [6.45, 7) is 6.35. The maximum absolute atomic E-state index is 13.0. The number of benzene rings is 1. The number of fused-ring (bicyclic) bond motifs is 3. The summed E-state index contributed by atoms with van der Waals surface area (Å²) in [5.41, 5.74) is 4.56. The van der Waals surface area contributed by atoms with E-state index in [2.05, 4.69) is 22.2 Å². The van der Waals surface area contributed by atoms with Crippen molar-refractivity contribution in [2.75, 3.05) is 17.7 Å². The topological polar surface area (TPSA) is 81.2 Å². The van der Waals surface area contributed by atoms with Crippen LogP contribution in [0.5, 0.6) is 0 Å². The quantitative estimate of drug-likeness (QED) is 0.159. The SMILES string of the molecule is CCOC(=O)c1c(-c2ccc(C)cc2)csc1NC(=O)CSc1ncnc2sc3c(c12)CCC(C)C3. The predicted octanol–water partition coefficient (Wildman–Crippen LogP) is 6.76. The monoisotopic (exact) mass is 537 g/mol. The highest BCUT2D eigenvalue weighted by molar-refractivity contribution is 8.00. The third kappa shape index (κ3) is 5.05. The zero-order chi connectivity index (χ0) is 25.2. The third-order valence-corrected chi connectivity index (χ3v) is 9.33. The molecule has 3 aromatic heterocycles. The molecule has 186 valence electrons. The fourth-order valence-electron chi connectivity index (χ4n) is 4.45. The highest BCUT2D eigenvalue weighted by Crippen LogP contribution is 2.41. The van der Waals surface area contributed by atoms with E-state index in [1.165, 1.54) is 33.5 Å². The number of hydrogen-bond acceptors (Lipinski definition) is 8. The number of hydrogen-bond donors (Lipinski definition) is 1. The minimum atomic E-state index is -0.436. The fraction of sp³-hybridized carbons (Fsp3) is 0.333. The van der Waals surface area contributed by atoms with E-state index < -0.39 is 5.97 Å². The van der Waals surface area contributed by atoms with Crippen molar-refractivity contribution in [1.82, 2.24) is 9.97 Å². The molecular weight excluding hydrogens is 511 g/mol. The Labute approximate surface area is 222 Å². The number of esters is 1. The Hall–Kier alpha value is -2.75. The number of ether oxygens (including phenoxy) is 1. The first-order chi connectivity index (χ1) is 17.4. The Morgan fingerprint density at radius 2 is 2.03 bits per heavy atom. The van der Waals surface area contributed by atoms with E-state index in [-0.39, 0.29) is 18.3 Å². The van der Waals surface area contributed by atoms with E-state index >= 15 is 0 Å². The van der Waals surface area contributed by atoms with Crippen molar-refractivity contribution in [1.29, 1.82) is 0 Å². The number of carbonyl (C=O) groups is 2. The fourth-order valence-corrected chi connectivity index (χ4v) is 7.67. The van der Waals surface area contributed by atoms with Crippen molar-refractivity contribution >= 4 is 61.5 Å². The number of aromatic nitrogens is 2. The summed E-state index contributed by atoms with van der Waals surface area (Å²) < 4.78 is 5.32. The van der Waals surface area contributed by atoms with Crippen molar-refractivity contribution in [2.45, 2.75) is 45.1 Å². The second-order valence-electron chi connectivity index (χ2n) is 8.99. The lowest BCUT2D eigenvalue weighted by molar-refractivity contribution is -0.113. The lowest BCUT2D eigenvalue weighted by Crippen LogP contribution is -2.16. The smallest absolute Gasteiger partial charge is 0.341 e. The minimum Gasteiger partial charge on any atom is -0.462 e. The van der Waals surface area contributed by atoms with Gasteiger partial charge in [-0.3, -0.25) is 4.79 Å². The summed E-state index contributed by atoms with van der Waals surface area (Å²) in [6.07, 6.45) is 4.86. The first kappa shape index (κ1) is 24.9. The Morgan fingerprint density at radius 3 is 2.81 bits per heavy atom. The first-order valence-electron chi connectivity index (χ1n) is 12.0. The van der Waals surface area contributed by atoms with Gasteiger partial charge in [-0.05, 0) is 50.2 Å². The molecule has 0 aliphatic heterocycles. The molecule has 9 heteroatoms. The molecule has 1 aromatic carbocycles. The highest BCUT2D eigenvalue weighted by atomic mass is 32.2. The van der Waals surface area contributed by atoms with Crippen LogP contribution in [-0.2, 0) is 22.4 Å². The highest BCUT2D eigenvalue weighted by Gasteiger charge is 2.25. The maximum Gasteiger partial charge on any atom is 0.341 e. The van der Waals surface area contributed by atoms with Crippen molar-refractivity contribution in [3.63, 3.8) is 0 Å². The molecule has 1 N–H and O–H groups in total. The van der Waals surface area contributed by atoms with Crippen LogP contribution in [0.25, 0.3) is 21.3 Å². The van der Waals surface area contributed by atoms with Crippen LogP contribution in [0, 0.1) is 12.8 Å². The van der Waals surface area contributed by atoms with Crippen LogP contribution < -0.4 is 5.32 Å². The van der Waals surface area contributed by atoms with Gasteiger partial charge in [-0.25, -0.2) is 14.8 Å². The van der Waals surface area contributed by atoms with E-state index in [4.69, 9.17) is 4.74 Å². The molecule has 0 bridgehead atoms. The Balaban J connectivity index is 1.36. The van der Waals surface area contributed by atoms with Crippen LogP contribution >= 0.6 is 34.4 Å². The second kappa shape index (κ2) is 10.7. The van der Waals surface area contributed by atoms with Crippen molar-refractivity contribution in [3.05, 3.63) is 57.5 Å². The standard InChI is InChI=1S/C27H27N3O3S3/c1-4-33-27(32)23-19(17-8-5-15(2)6-9-17)12-34-26(23)30-21(31)13-35-24-22-18-10-7-16(3)11-20(18)36-25(22)29-14-28-24/h5-6,8-9,12,14,16H,4,7,10-11,13H2,1-3H3,(H,30,31). The Morgan fingerprint density at radius 1 is 1.22 bits per heavy atom. The van der Waals surface area contributed by atoms with Crippen molar-refractivity contribution < 1.29 is 14.3 Å². The lowest BCUT2D eigenvalue weighted by atomic mass is 9.89. The molecule has 0 saturated carbocycles. The molecule has 1 aliphatic rings. The number of amides is 1. The Bertz CT molecular complexity index is 1430. The van der Waals surface area contributed by atoms with Gasteiger partial charge in [-0.1, -0.05) is 48.5 Å². The van der Waals surface area contributed by atoms with Crippen LogP contribution in [-0.4, -0.2) is 34.2 Å². The molecule has 0 fully saturated rings. The van der Waals surface area contributed by atoms with Crippen LogP contribution in [0.15, 0.2) is 41.0 Å². The molecule has 0 radical (unpaired) electrons. The molecule has 36 heavy (non-hydrogen) atoms. The Kier molecular flexibility index (Phi) is 7.41. The van der Waals surface area contributed by atoms with Gasteiger partial charge in [0, 0.05) is 21.2 Å². The molecular formula is C27H27N3O3S3. The van der Waals surface area contributed by atoms with E-state index in [1.807, 2.05) is 36.6 Å². The van der Waals surface area contributed by atoms with E-state index in [0.29, 0.717) is 16.5 Å². The number of carbonyl (C=O) groups excluding carboxylic acids is 2. The second-order valence-corrected chi connectivity index (χ2v) is 11.9. The number of thiophene rings is 2. The maximum atomic E-state index is 13.0. The number of rotatable bonds is 7. The normalized spacial score (nSPS) is 15.0. The van der Waals surface area contributed by atoms with Crippen molar-refractivity contribution in [2.24, 2.45) is 5.92 Å². The molecule has 1 aliphatic carbocycles. The zero-order valence-electron chi connectivity index (χ0n) is 20.4. The number of aryl methyl sites for hydroxylation is 2. The van der Waals surface area contributed by atoms with Gasteiger partial charge < -0.3 is 10.1 Å². The molecule has 4 aromatic rings. The van der Waals surface area contributed by atoms with Crippen LogP contribution in [0.1, 0.15) is 46.6 Å². The summed E-state index contributed by atoms with van der Waals surface area (Å²) in [5, 5.41) is 7.30. The summed E-state index contributed by atoms with van der Waals surface area (Å²) in [6, 6.07) is 7.96. The van der Waals surface area contributed by atoms with E-state index in [9.17, 15) is 9.59 Å². The first-order valence-corrected chi connectivity index (χ1v) is 14.7. The summed E-state index contributed by atoms with van der Waals surface area (Å²) in [4.78, 5) is 37.2. The summed E-state index contributed by atoms with van der Waals surface area (Å²) >= 11 is 4.50. The third-order valence-electron chi connectivity index (χ3n) is 6.28. The van der Waals surface area contributed by atoms with E-state index in [1.54, 1.807) is 24.6 Å². The molecule has 1 atom stereocenters.